The molecule has 7 heteroatoms. The molecule has 0 rings (SSSR count). The van der Waals surface area contributed by atoms with Gasteiger partial charge in [0.15, 0.2) is 0 Å². The number of allylic oxidation sites excluding steroid dienone is 1. The summed E-state index contributed by atoms with van der Waals surface area (Å²) in [5.74, 6) is 0.557. The van der Waals surface area contributed by atoms with Crippen molar-refractivity contribution in [2.24, 2.45) is 4.99 Å². The van der Waals surface area contributed by atoms with Gasteiger partial charge < -0.3 is 19.7 Å². The Kier molecular flexibility index (Phi) is 12.7. The van der Waals surface area contributed by atoms with E-state index in [0.29, 0.717) is 18.7 Å². The molecule has 1 N–H and O–H groups in total. The fourth-order valence-electron chi connectivity index (χ4n) is 2.48. The van der Waals surface area contributed by atoms with Crippen molar-refractivity contribution in [1.29, 1.82) is 0 Å². The Hall–Kier alpha value is -2.31. The number of carbonyl (C=O) groups is 2. The number of alkyl carbamates (subject to hydrolysis) is 1. The van der Waals surface area contributed by atoms with Gasteiger partial charge in [0, 0.05) is 26.6 Å². The molecule has 0 aromatic heterocycles. The molecule has 0 spiro atoms. The highest BCUT2D eigenvalue weighted by atomic mass is 16.6. The minimum absolute atomic E-state index is 0.187. The second-order valence-electron chi connectivity index (χ2n) is 7.85. The van der Waals surface area contributed by atoms with E-state index in [1.807, 2.05) is 46.6 Å². The van der Waals surface area contributed by atoms with Crippen molar-refractivity contribution < 1.29 is 19.1 Å². The molecule has 0 saturated heterocycles. The smallest absolute Gasteiger partial charge is 0.407 e. The summed E-state index contributed by atoms with van der Waals surface area (Å²) < 4.78 is 10.1. The Labute approximate surface area is 176 Å². The third kappa shape index (κ3) is 12.7. The Morgan fingerprint density at radius 2 is 1.93 bits per heavy atom. The maximum absolute atomic E-state index is 11.9. The van der Waals surface area contributed by atoms with Crippen molar-refractivity contribution in [2.45, 2.75) is 72.4 Å². The first-order valence-corrected chi connectivity index (χ1v) is 10.2. The van der Waals surface area contributed by atoms with Crippen LogP contribution in [0.3, 0.4) is 0 Å². The van der Waals surface area contributed by atoms with Crippen LogP contribution in [-0.2, 0) is 14.3 Å². The topological polar surface area (TPSA) is 80.2 Å². The first-order chi connectivity index (χ1) is 13.5. The average molecular weight is 410 g/mol. The van der Waals surface area contributed by atoms with Gasteiger partial charge in [-0.25, -0.2) is 9.59 Å². The molecular weight excluding hydrogens is 370 g/mol. The number of rotatable bonds is 10. The molecule has 0 aliphatic carbocycles. The summed E-state index contributed by atoms with van der Waals surface area (Å²) in [6.07, 6.45) is 7.78. The van der Waals surface area contributed by atoms with E-state index in [0.717, 1.165) is 25.1 Å². The van der Waals surface area contributed by atoms with Gasteiger partial charge in [-0.3, -0.25) is 4.99 Å². The predicted molar refractivity (Wildman–Crippen MR) is 118 cm³/mol. The van der Waals surface area contributed by atoms with Crippen LogP contribution >= 0.6 is 0 Å². The predicted octanol–water partition coefficient (Wildman–Crippen LogP) is 4.10. The van der Waals surface area contributed by atoms with Crippen LogP contribution in [0.15, 0.2) is 28.8 Å². The van der Waals surface area contributed by atoms with Crippen LogP contribution in [0, 0.1) is 0 Å². The monoisotopic (exact) mass is 409 g/mol. The molecule has 0 radical (unpaired) electrons. The molecular formula is C22H39N3O4. The summed E-state index contributed by atoms with van der Waals surface area (Å²) in [6, 6.07) is -0.187. The molecule has 0 aliphatic rings. The number of nitrogens with one attached hydrogen (secondary N) is 1. The SMILES string of the molecule is C/C=C\C(=C/C(C)/N=C(/CCCC)N(C)CCNC(=O)OC(C)(C)C)C(=O)OC. The van der Waals surface area contributed by atoms with Crippen LogP contribution < -0.4 is 5.32 Å². The van der Waals surface area contributed by atoms with E-state index in [1.165, 1.54) is 7.11 Å². The van der Waals surface area contributed by atoms with Gasteiger partial charge >= 0.3 is 12.1 Å². The summed E-state index contributed by atoms with van der Waals surface area (Å²) in [5, 5.41) is 2.77. The molecule has 166 valence electrons. The normalized spacial score (nSPS) is 13.9. The second kappa shape index (κ2) is 13.8. The lowest BCUT2D eigenvalue weighted by atomic mass is 10.1. The number of aliphatic imine (C=N–C) groups is 1. The quantitative estimate of drug-likeness (QED) is 0.193. The number of ether oxygens (including phenoxy) is 2. The maximum atomic E-state index is 11.9. The number of amides is 1. The van der Waals surface area contributed by atoms with E-state index in [4.69, 9.17) is 14.5 Å². The van der Waals surface area contributed by atoms with Gasteiger partial charge in [-0.15, -0.1) is 0 Å². The standard InChI is InChI=1S/C22H39N3O4/c1-9-11-13-19(24-17(3)16-18(12-10-2)20(26)28-8)25(7)15-14-23-21(27)29-22(4,5)6/h10,12,16-17H,9,11,13-15H2,1-8H3,(H,23,27)/b12-10-,18-16+,24-19-. The highest BCUT2D eigenvalue weighted by molar-refractivity contribution is 5.91. The van der Waals surface area contributed by atoms with E-state index >= 15 is 0 Å². The third-order valence-corrected chi connectivity index (χ3v) is 3.85. The number of amidine groups is 1. The van der Waals surface area contributed by atoms with Gasteiger partial charge in [0.2, 0.25) is 0 Å². The molecule has 1 unspecified atom stereocenters. The summed E-state index contributed by atoms with van der Waals surface area (Å²) in [5.41, 5.74) is -0.0363. The molecule has 0 aliphatic heterocycles. The van der Waals surface area contributed by atoms with Gasteiger partial charge in [0.25, 0.3) is 0 Å². The zero-order valence-electron chi connectivity index (χ0n) is 19.4. The fourth-order valence-corrected chi connectivity index (χ4v) is 2.48. The van der Waals surface area contributed by atoms with Gasteiger partial charge in [-0.1, -0.05) is 25.5 Å². The van der Waals surface area contributed by atoms with Crippen LogP contribution in [-0.4, -0.2) is 61.7 Å². The van der Waals surface area contributed by atoms with E-state index < -0.39 is 11.7 Å². The Balaban J connectivity index is 5.11. The fraction of sp³-hybridized carbons (Fsp3) is 0.682. The zero-order chi connectivity index (χ0) is 22.4. The van der Waals surface area contributed by atoms with Crippen LogP contribution in [0.4, 0.5) is 4.79 Å². The van der Waals surface area contributed by atoms with E-state index in [9.17, 15) is 9.59 Å². The van der Waals surface area contributed by atoms with Gasteiger partial charge in [-0.05, 0) is 47.1 Å². The van der Waals surface area contributed by atoms with Crippen LogP contribution in [0.1, 0.15) is 60.8 Å². The molecule has 0 bridgehead atoms. The number of esters is 1. The average Bonchev–Trinajstić information content (AvgIpc) is 2.62. The minimum atomic E-state index is -0.518. The number of methoxy groups -OCH3 is 1. The van der Waals surface area contributed by atoms with Crippen LogP contribution in [0.2, 0.25) is 0 Å². The van der Waals surface area contributed by atoms with E-state index in [1.54, 1.807) is 18.2 Å². The molecule has 0 saturated carbocycles. The highest BCUT2D eigenvalue weighted by Crippen LogP contribution is 2.09. The molecule has 1 amide bonds. The lowest BCUT2D eigenvalue weighted by Crippen LogP contribution is -2.39. The van der Waals surface area contributed by atoms with E-state index in [2.05, 4.69) is 12.2 Å². The van der Waals surface area contributed by atoms with Gasteiger partial charge in [0.1, 0.15) is 5.60 Å². The number of carbonyl (C=O) groups excluding carboxylic acids is 2. The molecule has 29 heavy (non-hydrogen) atoms. The Bertz CT molecular complexity index is 604. The first kappa shape index (κ1) is 26.7. The third-order valence-electron chi connectivity index (χ3n) is 3.85. The summed E-state index contributed by atoms with van der Waals surface area (Å²) in [7, 11) is 3.32. The van der Waals surface area contributed by atoms with Crippen molar-refractivity contribution in [3.8, 4) is 0 Å². The Morgan fingerprint density at radius 1 is 1.28 bits per heavy atom. The molecule has 0 heterocycles. The van der Waals surface area contributed by atoms with Crippen molar-refractivity contribution in [3.05, 3.63) is 23.8 Å². The molecule has 7 nitrogen and oxygen atoms in total. The number of unbranched alkanes of at least 4 members (excludes halogenated alkanes) is 1. The van der Waals surface area contributed by atoms with Gasteiger partial charge in [0.05, 0.1) is 24.6 Å². The van der Waals surface area contributed by atoms with Crippen LogP contribution in [0.5, 0.6) is 0 Å². The largest absolute Gasteiger partial charge is 0.465 e. The summed E-state index contributed by atoms with van der Waals surface area (Å²) in [4.78, 5) is 30.5. The lowest BCUT2D eigenvalue weighted by Gasteiger charge is -2.24. The zero-order valence-corrected chi connectivity index (χ0v) is 19.4. The van der Waals surface area contributed by atoms with Crippen LogP contribution in [0.25, 0.3) is 0 Å². The van der Waals surface area contributed by atoms with Crippen molar-refractivity contribution in [3.63, 3.8) is 0 Å². The minimum Gasteiger partial charge on any atom is -0.465 e. The number of hydrogen-bond donors (Lipinski definition) is 1. The first-order valence-electron chi connectivity index (χ1n) is 10.2. The Morgan fingerprint density at radius 3 is 2.45 bits per heavy atom. The number of hydrogen-bond acceptors (Lipinski definition) is 5. The highest BCUT2D eigenvalue weighted by Gasteiger charge is 2.16. The summed E-state index contributed by atoms with van der Waals surface area (Å²) >= 11 is 0. The number of nitrogens with zero attached hydrogens (tertiary/aromatic N) is 2. The number of likely N-dealkylation sites (N-methyl/N-ethyl adjacent to an activating group) is 1. The molecule has 0 aromatic carbocycles. The van der Waals surface area contributed by atoms with Crippen molar-refractivity contribution in [1.82, 2.24) is 10.2 Å². The second-order valence-corrected chi connectivity index (χ2v) is 7.85. The van der Waals surface area contributed by atoms with Crippen molar-refractivity contribution >= 4 is 17.9 Å². The molecule has 0 fully saturated rings. The van der Waals surface area contributed by atoms with Crippen molar-refractivity contribution in [2.75, 3.05) is 27.2 Å². The van der Waals surface area contributed by atoms with E-state index in [-0.39, 0.29) is 12.0 Å². The summed E-state index contributed by atoms with van der Waals surface area (Å²) in [6.45, 7) is 12.5. The molecule has 1 atom stereocenters. The van der Waals surface area contributed by atoms with Gasteiger partial charge in [-0.2, -0.15) is 0 Å². The lowest BCUT2D eigenvalue weighted by molar-refractivity contribution is -0.135. The maximum Gasteiger partial charge on any atom is 0.407 e. The molecule has 0 aromatic rings.